The molecule has 6 nitrogen and oxygen atoms in total. The second-order valence-corrected chi connectivity index (χ2v) is 3.72. The molecule has 0 fully saturated rings. The number of benzene rings is 1. The fraction of sp³-hybridized carbons (Fsp3) is 0.250. The van der Waals surface area contributed by atoms with E-state index in [4.69, 9.17) is 5.73 Å². The normalized spacial score (nSPS) is 9.67. The van der Waals surface area contributed by atoms with Gasteiger partial charge < -0.3 is 15.8 Å². The lowest BCUT2D eigenvalue weighted by atomic mass is 10.1. The van der Waals surface area contributed by atoms with Crippen LogP contribution in [0.25, 0.3) is 0 Å². The Bertz CT molecular complexity index is 497. The van der Waals surface area contributed by atoms with Gasteiger partial charge in [-0.2, -0.15) is 0 Å². The molecule has 0 unspecified atom stereocenters. The maximum atomic E-state index is 11.4. The third-order valence-electron chi connectivity index (χ3n) is 2.16. The number of Topliss-reactive ketones (excluding diaryl/α,β-unsaturated/α-hetero) is 1. The highest BCUT2D eigenvalue weighted by Crippen LogP contribution is 2.20. The highest BCUT2D eigenvalue weighted by molar-refractivity contribution is 6.05. The van der Waals surface area contributed by atoms with Crippen molar-refractivity contribution in [3.63, 3.8) is 0 Å². The molecule has 0 saturated heterocycles. The van der Waals surface area contributed by atoms with Gasteiger partial charge >= 0.3 is 5.97 Å². The van der Waals surface area contributed by atoms with E-state index in [0.717, 1.165) is 0 Å². The van der Waals surface area contributed by atoms with Gasteiger partial charge in [-0.3, -0.25) is 9.59 Å². The van der Waals surface area contributed by atoms with Gasteiger partial charge in [-0.25, -0.2) is 4.79 Å². The molecule has 0 aliphatic rings. The Hall–Kier alpha value is -2.37. The number of rotatable bonds is 4. The molecule has 0 saturated carbocycles. The zero-order valence-electron chi connectivity index (χ0n) is 10.1. The fourth-order valence-electron chi connectivity index (χ4n) is 1.34. The summed E-state index contributed by atoms with van der Waals surface area (Å²) in [5, 5.41) is 2.49. The second kappa shape index (κ2) is 5.81. The minimum Gasteiger partial charge on any atom is -0.465 e. The van der Waals surface area contributed by atoms with Crippen LogP contribution in [0, 0.1) is 0 Å². The van der Waals surface area contributed by atoms with Crippen molar-refractivity contribution in [1.29, 1.82) is 0 Å². The Morgan fingerprint density at radius 1 is 1.33 bits per heavy atom. The van der Waals surface area contributed by atoms with Crippen LogP contribution < -0.4 is 11.1 Å². The third kappa shape index (κ3) is 3.58. The lowest BCUT2D eigenvalue weighted by Crippen LogP contribution is -2.16. The predicted molar refractivity (Wildman–Crippen MR) is 66.1 cm³/mol. The van der Waals surface area contributed by atoms with Gasteiger partial charge in [0.1, 0.15) is 5.78 Å². The van der Waals surface area contributed by atoms with Crippen molar-refractivity contribution in [2.45, 2.75) is 13.3 Å². The van der Waals surface area contributed by atoms with Gasteiger partial charge in [-0.15, -0.1) is 0 Å². The summed E-state index contributed by atoms with van der Waals surface area (Å²) in [6.07, 6.45) is -0.210. The van der Waals surface area contributed by atoms with Gasteiger partial charge in [0.15, 0.2) is 0 Å². The zero-order chi connectivity index (χ0) is 13.7. The van der Waals surface area contributed by atoms with Crippen LogP contribution in [0.3, 0.4) is 0 Å². The SMILES string of the molecule is COC(=O)c1ccc(NC(=O)CC(C)=O)c(N)c1. The quantitative estimate of drug-likeness (QED) is 0.471. The summed E-state index contributed by atoms with van der Waals surface area (Å²) in [5.41, 5.74) is 6.56. The highest BCUT2D eigenvalue weighted by Gasteiger charge is 2.11. The van der Waals surface area contributed by atoms with Crippen LogP contribution in [-0.2, 0) is 14.3 Å². The molecule has 1 aromatic carbocycles. The Labute approximate surface area is 104 Å². The molecule has 0 aromatic heterocycles. The number of esters is 1. The number of carbonyl (C=O) groups excluding carboxylic acids is 3. The lowest BCUT2D eigenvalue weighted by Gasteiger charge is -2.08. The Kier molecular flexibility index (Phi) is 4.42. The van der Waals surface area contributed by atoms with E-state index in [-0.39, 0.29) is 17.9 Å². The van der Waals surface area contributed by atoms with Gasteiger partial charge in [-0.1, -0.05) is 0 Å². The first-order chi connectivity index (χ1) is 8.43. The molecule has 0 radical (unpaired) electrons. The van der Waals surface area contributed by atoms with Gasteiger partial charge in [0.2, 0.25) is 5.91 Å². The maximum Gasteiger partial charge on any atom is 0.337 e. The molecular weight excluding hydrogens is 236 g/mol. The largest absolute Gasteiger partial charge is 0.465 e. The molecule has 0 spiro atoms. The number of nitrogens with two attached hydrogens (primary N) is 1. The number of nitrogen functional groups attached to an aromatic ring is 1. The molecule has 18 heavy (non-hydrogen) atoms. The van der Waals surface area contributed by atoms with Crippen molar-refractivity contribution in [1.82, 2.24) is 0 Å². The van der Waals surface area contributed by atoms with E-state index < -0.39 is 11.9 Å². The van der Waals surface area contributed by atoms with E-state index in [1.807, 2.05) is 0 Å². The van der Waals surface area contributed by atoms with Gasteiger partial charge in [-0.05, 0) is 25.1 Å². The van der Waals surface area contributed by atoms with Crippen LogP contribution in [0.2, 0.25) is 0 Å². The summed E-state index contributed by atoms with van der Waals surface area (Å²) in [6, 6.07) is 4.36. The number of ketones is 1. The van der Waals surface area contributed by atoms with E-state index in [9.17, 15) is 14.4 Å². The van der Waals surface area contributed by atoms with Crippen molar-refractivity contribution in [3.05, 3.63) is 23.8 Å². The van der Waals surface area contributed by atoms with Crippen LogP contribution >= 0.6 is 0 Å². The van der Waals surface area contributed by atoms with Crippen LogP contribution in [0.1, 0.15) is 23.7 Å². The minimum atomic E-state index is -0.511. The number of amides is 1. The number of nitrogens with one attached hydrogen (secondary N) is 1. The number of hydrogen-bond acceptors (Lipinski definition) is 5. The molecule has 0 bridgehead atoms. The molecule has 3 N–H and O–H groups in total. The summed E-state index contributed by atoms with van der Waals surface area (Å²) in [4.78, 5) is 33.4. The number of carbonyl (C=O) groups is 3. The minimum absolute atomic E-state index is 0.210. The Balaban J connectivity index is 2.83. The summed E-state index contributed by atoms with van der Waals surface area (Å²) in [7, 11) is 1.26. The highest BCUT2D eigenvalue weighted by atomic mass is 16.5. The van der Waals surface area contributed by atoms with Crippen molar-refractivity contribution in [2.24, 2.45) is 0 Å². The molecule has 1 amide bonds. The molecule has 0 aliphatic carbocycles. The van der Waals surface area contributed by atoms with Crippen molar-refractivity contribution < 1.29 is 19.1 Å². The van der Waals surface area contributed by atoms with Gasteiger partial charge in [0.25, 0.3) is 0 Å². The maximum absolute atomic E-state index is 11.4. The molecule has 0 heterocycles. The van der Waals surface area contributed by atoms with E-state index in [1.54, 1.807) is 0 Å². The first-order valence-electron chi connectivity index (χ1n) is 5.21. The summed E-state index contributed by atoms with van der Waals surface area (Å²) in [6.45, 7) is 1.32. The average molecular weight is 250 g/mol. The molecule has 1 rings (SSSR count). The van der Waals surface area contributed by atoms with Gasteiger partial charge in [0, 0.05) is 0 Å². The lowest BCUT2D eigenvalue weighted by molar-refractivity contribution is -0.124. The smallest absolute Gasteiger partial charge is 0.337 e. The summed E-state index contributed by atoms with van der Waals surface area (Å²) in [5.74, 6) is -1.19. The van der Waals surface area contributed by atoms with E-state index in [1.165, 1.54) is 32.2 Å². The van der Waals surface area contributed by atoms with E-state index in [2.05, 4.69) is 10.1 Å². The molecular formula is C12H14N2O4. The van der Waals surface area contributed by atoms with Crippen LogP contribution in [-0.4, -0.2) is 24.8 Å². The Morgan fingerprint density at radius 2 is 2.00 bits per heavy atom. The number of methoxy groups -OCH3 is 1. The predicted octanol–water partition coefficient (Wildman–Crippen LogP) is 0.973. The average Bonchev–Trinajstić information content (AvgIpc) is 2.29. The van der Waals surface area contributed by atoms with Crippen molar-refractivity contribution >= 4 is 29.0 Å². The molecule has 96 valence electrons. The number of hydrogen-bond donors (Lipinski definition) is 2. The molecule has 6 heteroatoms. The van der Waals surface area contributed by atoms with Crippen molar-refractivity contribution in [3.8, 4) is 0 Å². The fourth-order valence-corrected chi connectivity index (χ4v) is 1.34. The number of ether oxygens (including phenoxy) is 1. The van der Waals surface area contributed by atoms with Crippen LogP contribution in [0.5, 0.6) is 0 Å². The topological polar surface area (TPSA) is 98.5 Å². The summed E-state index contributed by atoms with van der Waals surface area (Å²) < 4.78 is 4.54. The zero-order valence-corrected chi connectivity index (χ0v) is 10.1. The van der Waals surface area contributed by atoms with Crippen LogP contribution in [0.15, 0.2) is 18.2 Å². The van der Waals surface area contributed by atoms with Crippen LogP contribution in [0.4, 0.5) is 11.4 Å². The number of anilines is 2. The standard InChI is InChI=1S/C12H14N2O4/c1-7(15)5-11(16)14-10-4-3-8(6-9(10)13)12(17)18-2/h3-4,6H,5,13H2,1-2H3,(H,14,16). The first kappa shape index (κ1) is 13.7. The van der Waals surface area contributed by atoms with Crippen molar-refractivity contribution in [2.75, 3.05) is 18.2 Å². The second-order valence-electron chi connectivity index (χ2n) is 3.72. The summed E-state index contributed by atoms with van der Waals surface area (Å²) >= 11 is 0. The first-order valence-corrected chi connectivity index (χ1v) is 5.21. The molecule has 1 aromatic rings. The van der Waals surface area contributed by atoms with Gasteiger partial charge in [0.05, 0.1) is 30.5 Å². The monoisotopic (exact) mass is 250 g/mol. The van der Waals surface area contributed by atoms with E-state index >= 15 is 0 Å². The Morgan fingerprint density at radius 3 is 2.50 bits per heavy atom. The third-order valence-corrected chi connectivity index (χ3v) is 2.16. The molecule has 0 atom stereocenters. The van der Waals surface area contributed by atoms with E-state index in [0.29, 0.717) is 11.3 Å². The molecule has 0 aliphatic heterocycles.